The van der Waals surface area contributed by atoms with E-state index in [0.717, 1.165) is 53.9 Å². The van der Waals surface area contributed by atoms with E-state index in [2.05, 4.69) is 40.4 Å². The summed E-state index contributed by atoms with van der Waals surface area (Å²) in [7, 11) is 5.42. The fourth-order valence-corrected chi connectivity index (χ4v) is 4.17. The molecule has 6 nitrogen and oxygen atoms in total. The maximum absolute atomic E-state index is 12.8. The van der Waals surface area contributed by atoms with Gasteiger partial charge in [0.25, 0.3) is 5.91 Å². The fraction of sp³-hybridized carbons (Fsp3) is 0.241. The number of carbonyl (C=O) groups is 1. The molecule has 180 valence electrons. The van der Waals surface area contributed by atoms with E-state index in [1.807, 2.05) is 54.6 Å². The van der Waals surface area contributed by atoms with E-state index in [1.165, 1.54) is 11.1 Å². The van der Waals surface area contributed by atoms with E-state index in [0.29, 0.717) is 5.69 Å². The first-order valence-corrected chi connectivity index (χ1v) is 11.7. The normalized spacial score (nSPS) is 11.0. The van der Waals surface area contributed by atoms with Gasteiger partial charge in [-0.3, -0.25) is 9.78 Å². The van der Waals surface area contributed by atoms with Crippen molar-refractivity contribution in [1.29, 1.82) is 0 Å². The molecule has 0 bridgehead atoms. The third-order valence-corrected chi connectivity index (χ3v) is 6.01. The van der Waals surface area contributed by atoms with E-state index >= 15 is 0 Å². The standard InChI is InChI=1S/C29H31N3O3/c1-32(20-22-12-15-26(34-2)27(19-22)35-3)18-6-7-21-10-13-24(14-11-21)31-29(33)28-25-9-5-4-8-23(25)16-17-30-28/h4-5,8-17,19H,6-7,18,20H2,1-3H3,(H,31,33). The van der Waals surface area contributed by atoms with Crippen LogP contribution in [0.1, 0.15) is 28.0 Å². The van der Waals surface area contributed by atoms with Crippen LogP contribution in [0.4, 0.5) is 5.69 Å². The first kappa shape index (κ1) is 24.2. The third kappa shape index (κ3) is 6.16. The van der Waals surface area contributed by atoms with Crippen molar-refractivity contribution in [2.75, 3.05) is 33.1 Å². The van der Waals surface area contributed by atoms with E-state index in [9.17, 15) is 4.79 Å². The van der Waals surface area contributed by atoms with Gasteiger partial charge in [0, 0.05) is 23.8 Å². The molecule has 0 saturated carbocycles. The van der Waals surface area contributed by atoms with Gasteiger partial charge in [0.2, 0.25) is 0 Å². The number of anilines is 1. The number of rotatable bonds is 10. The summed E-state index contributed by atoms with van der Waals surface area (Å²) in [6.07, 6.45) is 3.67. The van der Waals surface area contributed by atoms with Gasteiger partial charge in [-0.2, -0.15) is 0 Å². The molecule has 1 N–H and O–H groups in total. The molecule has 0 aliphatic carbocycles. The molecule has 1 aromatic heterocycles. The molecule has 0 fully saturated rings. The number of carbonyl (C=O) groups excluding carboxylic acids is 1. The summed E-state index contributed by atoms with van der Waals surface area (Å²) in [6, 6.07) is 23.8. The molecule has 3 aromatic carbocycles. The Morgan fingerprint density at radius 3 is 2.43 bits per heavy atom. The highest BCUT2D eigenvalue weighted by Gasteiger charge is 2.12. The third-order valence-electron chi connectivity index (χ3n) is 6.01. The first-order valence-electron chi connectivity index (χ1n) is 11.7. The highest BCUT2D eigenvalue weighted by molar-refractivity contribution is 6.11. The maximum Gasteiger partial charge on any atom is 0.274 e. The molecule has 4 rings (SSSR count). The van der Waals surface area contributed by atoms with Crippen LogP contribution in [0.3, 0.4) is 0 Å². The van der Waals surface area contributed by atoms with Crippen LogP contribution in [-0.4, -0.2) is 43.6 Å². The summed E-state index contributed by atoms with van der Waals surface area (Å²) >= 11 is 0. The number of aryl methyl sites for hydroxylation is 1. The Morgan fingerprint density at radius 2 is 1.66 bits per heavy atom. The molecule has 35 heavy (non-hydrogen) atoms. The zero-order chi connectivity index (χ0) is 24.6. The summed E-state index contributed by atoms with van der Waals surface area (Å²) in [6.45, 7) is 1.81. The van der Waals surface area contributed by atoms with E-state index < -0.39 is 0 Å². The number of amides is 1. The highest BCUT2D eigenvalue weighted by atomic mass is 16.5. The Hall–Kier alpha value is -3.90. The lowest BCUT2D eigenvalue weighted by molar-refractivity contribution is 0.102. The number of ether oxygens (including phenoxy) is 2. The topological polar surface area (TPSA) is 63.7 Å². The van der Waals surface area contributed by atoms with Crippen LogP contribution in [-0.2, 0) is 13.0 Å². The minimum absolute atomic E-state index is 0.202. The van der Waals surface area contributed by atoms with Gasteiger partial charge in [-0.05, 0) is 73.3 Å². The quantitative estimate of drug-likeness (QED) is 0.329. The number of hydrogen-bond donors (Lipinski definition) is 1. The number of methoxy groups -OCH3 is 2. The summed E-state index contributed by atoms with van der Waals surface area (Å²) in [4.78, 5) is 19.4. The summed E-state index contributed by atoms with van der Waals surface area (Å²) < 4.78 is 10.7. The van der Waals surface area contributed by atoms with Gasteiger partial charge in [-0.25, -0.2) is 0 Å². The minimum atomic E-state index is -0.202. The number of pyridine rings is 1. The van der Waals surface area contributed by atoms with Crippen molar-refractivity contribution in [3.05, 3.63) is 95.8 Å². The van der Waals surface area contributed by atoms with E-state index in [-0.39, 0.29) is 5.91 Å². The predicted molar refractivity (Wildman–Crippen MR) is 140 cm³/mol. The second kappa shape index (κ2) is 11.5. The van der Waals surface area contributed by atoms with Crippen LogP contribution in [0.15, 0.2) is 79.0 Å². The van der Waals surface area contributed by atoms with Gasteiger partial charge < -0.3 is 19.7 Å². The van der Waals surface area contributed by atoms with Crippen molar-refractivity contribution < 1.29 is 14.3 Å². The van der Waals surface area contributed by atoms with Crippen LogP contribution in [0.25, 0.3) is 10.8 Å². The monoisotopic (exact) mass is 469 g/mol. The van der Waals surface area contributed by atoms with Crippen LogP contribution in [0, 0.1) is 0 Å². The molecule has 4 aromatic rings. The molecule has 0 aliphatic rings. The average molecular weight is 470 g/mol. The number of hydrogen-bond acceptors (Lipinski definition) is 5. The van der Waals surface area contributed by atoms with Gasteiger partial charge >= 0.3 is 0 Å². The molecular formula is C29H31N3O3. The Kier molecular flexibility index (Phi) is 7.95. The van der Waals surface area contributed by atoms with E-state index in [4.69, 9.17) is 9.47 Å². The number of aromatic nitrogens is 1. The van der Waals surface area contributed by atoms with Gasteiger partial charge in [0.15, 0.2) is 11.5 Å². The fourth-order valence-electron chi connectivity index (χ4n) is 4.17. The zero-order valence-electron chi connectivity index (χ0n) is 20.5. The van der Waals surface area contributed by atoms with Crippen LogP contribution < -0.4 is 14.8 Å². The number of benzene rings is 3. The molecule has 0 radical (unpaired) electrons. The maximum atomic E-state index is 12.8. The summed E-state index contributed by atoms with van der Waals surface area (Å²) in [5.41, 5.74) is 3.63. The Morgan fingerprint density at radius 1 is 0.914 bits per heavy atom. The average Bonchev–Trinajstić information content (AvgIpc) is 2.89. The van der Waals surface area contributed by atoms with Crippen molar-refractivity contribution in [2.45, 2.75) is 19.4 Å². The first-order chi connectivity index (χ1) is 17.1. The van der Waals surface area contributed by atoms with Crippen molar-refractivity contribution in [2.24, 2.45) is 0 Å². The second-order valence-electron chi connectivity index (χ2n) is 8.56. The molecule has 0 saturated heterocycles. The van der Waals surface area contributed by atoms with Crippen LogP contribution in [0.5, 0.6) is 11.5 Å². The number of fused-ring (bicyclic) bond motifs is 1. The second-order valence-corrected chi connectivity index (χ2v) is 8.56. The molecule has 1 heterocycles. The zero-order valence-corrected chi connectivity index (χ0v) is 20.5. The van der Waals surface area contributed by atoms with E-state index in [1.54, 1.807) is 20.4 Å². The summed E-state index contributed by atoms with van der Waals surface area (Å²) in [5, 5.41) is 4.82. The SMILES string of the molecule is COc1ccc(CN(C)CCCc2ccc(NC(=O)c3nccc4ccccc34)cc2)cc1OC. The van der Waals surface area contributed by atoms with Gasteiger partial charge in [-0.1, -0.05) is 42.5 Å². The largest absolute Gasteiger partial charge is 0.493 e. The smallest absolute Gasteiger partial charge is 0.274 e. The Labute approximate surface area is 206 Å². The molecule has 0 aliphatic heterocycles. The molecule has 0 atom stereocenters. The lowest BCUT2D eigenvalue weighted by atomic mass is 10.1. The molecule has 0 unspecified atom stereocenters. The highest BCUT2D eigenvalue weighted by Crippen LogP contribution is 2.28. The molecule has 6 heteroatoms. The van der Waals surface area contributed by atoms with Gasteiger partial charge in [0.1, 0.15) is 5.69 Å². The molecule has 0 spiro atoms. The van der Waals surface area contributed by atoms with Gasteiger partial charge in [-0.15, -0.1) is 0 Å². The van der Waals surface area contributed by atoms with Crippen LogP contribution >= 0.6 is 0 Å². The Balaban J connectivity index is 1.27. The van der Waals surface area contributed by atoms with Crippen LogP contribution in [0.2, 0.25) is 0 Å². The lowest BCUT2D eigenvalue weighted by Crippen LogP contribution is -2.19. The van der Waals surface area contributed by atoms with Crippen molar-refractivity contribution in [3.8, 4) is 11.5 Å². The Bertz CT molecular complexity index is 1280. The molecule has 1 amide bonds. The van der Waals surface area contributed by atoms with Crippen molar-refractivity contribution >= 4 is 22.4 Å². The lowest BCUT2D eigenvalue weighted by Gasteiger charge is -2.18. The number of nitrogens with one attached hydrogen (secondary N) is 1. The minimum Gasteiger partial charge on any atom is -0.493 e. The van der Waals surface area contributed by atoms with Crippen molar-refractivity contribution in [3.63, 3.8) is 0 Å². The molecular weight excluding hydrogens is 438 g/mol. The van der Waals surface area contributed by atoms with Gasteiger partial charge in [0.05, 0.1) is 14.2 Å². The predicted octanol–water partition coefficient (Wildman–Crippen LogP) is 5.57. The van der Waals surface area contributed by atoms with Crippen molar-refractivity contribution in [1.82, 2.24) is 9.88 Å². The number of nitrogens with zero attached hydrogens (tertiary/aromatic N) is 2. The summed E-state index contributed by atoms with van der Waals surface area (Å²) in [5.74, 6) is 1.29.